The van der Waals surface area contributed by atoms with E-state index in [1.165, 1.54) is 12.6 Å². The van der Waals surface area contributed by atoms with Gasteiger partial charge in [0.1, 0.15) is 11.6 Å². The normalized spacial score (nSPS) is 19.3. The van der Waals surface area contributed by atoms with Crippen LogP contribution in [-0.4, -0.2) is 27.2 Å². The standard InChI is InChI=1S/C11H18N4O/c12-9-6-14-10(7-13-9)15-11(8-16)4-2-1-3-5-11/h6-7,16H,1-5,8H2,(H2,12,13)(H,14,15). The van der Waals surface area contributed by atoms with Gasteiger partial charge in [-0.1, -0.05) is 19.3 Å². The number of hydrogen-bond donors (Lipinski definition) is 3. The van der Waals surface area contributed by atoms with Gasteiger partial charge in [-0.25, -0.2) is 9.97 Å². The van der Waals surface area contributed by atoms with Crippen LogP contribution in [0, 0.1) is 0 Å². The van der Waals surface area contributed by atoms with E-state index < -0.39 is 0 Å². The molecule has 0 bridgehead atoms. The molecule has 1 fully saturated rings. The molecule has 5 nitrogen and oxygen atoms in total. The number of aromatic nitrogens is 2. The van der Waals surface area contributed by atoms with Crippen LogP contribution in [0.15, 0.2) is 12.4 Å². The number of rotatable bonds is 3. The molecule has 0 atom stereocenters. The van der Waals surface area contributed by atoms with Crippen LogP contribution in [-0.2, 0) is 0 Å². The molecule has 5 heteroatoms. The van der Waals surface area contributed by atoms with E-state index in [4.69, 9.17) is 5.73 Å². The van der Waals surface area contributed by atoms with Crippen LogP contribution in [0.1, 0.15) is 32.1 Å². The van der Waals surface area contributed by atoms with Crippen molar-refractivity contribution in [3.63, 3.8) is 0 Å². The van der Waals surface area contributed by atoms with Gasteiger partial charge in [0, 0.05) is 0 Å². The summed E-state index contributed by atoms with van der Waals surface area (Å²) in [4.78, 5) is 8.14. The molecular formula is C11H18N4O. The predicted octanol–water partition coefficient (Wildman–Crippen LogP) is 1.17. The first-order valence-corrected chi connectivity index (χ1v) is 5.71. The summed E-state index contributed by atoms with van der Waals surface area (Å²) in [5, 5.41) is 12.8. The van der Waals surface area contributed by atoms with Gasteiger partial charge < -0.3 is 16.2 Å². The highest BCUT2D eigenvalue weighted by molar-refractivity contribution is 5.39. The molecule has 0 unspecified atom stereocenters. The highest BCUT2D eigenvalue weighted by Crippen LogP contribution is 2.30. The smallest absolute Gasteiger partial charge is 0.145 e. The van der Waals surface area contributed by atoms with Gasteiger partial charge in [-0.05, 0) is 12.8 Å². The van der Waals surface area contributed by atoms with Crippen molar-refractivity contribution in [1.29, 1.82) is 0 Å². The SMILES string of the molecule is Nc1cnc(NC2(CO)CCCCC2)cn1. The second kappa shape index (κ2) is 4.65. The van der Waals surface area contributed by atoms with E-state index in [9.17, 15) is 5.11 Å². The third-order valence-corrected chi connectivity index (χ3v) is 3.18. The van der Waals surface area contributed by atoms with E-state index in [1.54, 1.807) is 6.20 Å². The number of anilines is 2. The Hall–Kier alpha value is -1.36. The lowest BCUT2D eigenvalue weighted by Crippen LogP contribution is -2.44. The van der Waals surface area contributed by atoms with Gasteiger partial charge in [-0.15, -0.1) is 0 Å². The molecule has 0 aromatic carbocycles. The van der Waals surface area contributed by atoms with E-state index in [0.29, 0.717) is 11.6 Å². The third-order valence-electron chi connectivity index (χ3n) is 3.18. The van der Waals surface area contributed by atoms with E-state index in [2.05, 4.69) is 15.3 Å². The summed E-state index contributed by atoms with van der Waals surface area (Å²) < 4.78 is 0. The number of hydrogen-bond acceptors (Lipinski definition) is 5. The van der Waals surface area contributed by atoms with Crippen molar-refractivity contribution in [3.8, 4) is 0 Å². The van der Waals surface area contributed by atoms with Gasteiger partial charge in [0.25, 0.3) is 0 Å². The topological polar surface area (TPSA) is 84.1 Å². The van der Waals surface area contributed by atoms with Crippen molar-refractivity contribution >= 4 is 11.6 Å². The van der Waals surface area contributed by atoms with E-state index >= 15 is 0 Å². The molecule has 16 heavy (non-hydrogen) atoms. The molecule has 0 amide bonds. The zero-order valence-electron chi connectivity index (χ0n) is 9.32. The fourth-order valence-electron chi connectivity index (χ4n) is 2.23. The number of nitrogens with zero attached hydrogens (tertiary/aromatic N) is 2. The van der Waals surface area contributed by atoms with Crippen LogP contribution in [0.4, 0.5) is 11.6 Å². The maximum absolute atomic E-state index is 9.52. The van der Waals surface area contributed by atoms with Gasteiger partial charge in [-0.2, -0.15) is 0 Å². The van der Waals surface area contributed by atoms with Crippen LogP contribution in [0.5, 0.6) is 0 Å². The summed E-state index contributed by atoms with van der Waals surface area (Å²) in [5.41, 5.74) is 5.26. The highest BCUT2D eigenvalue weighted by Gasteiger charge is 2.31. The van der Waals surface area contributed by atoms with Crippen molar-refractivity contribution in [2.75, 3.05) is 17.7 Å². The van der Waals surface area contributed by atoms with Crippen LogP contribution >= 0.6 is 0 Å². The van der Waals surface area contributed by atoms with Crippen LogP contribution in [0.3, 0.4) is 0 Å². The Morgan fingerprint density at radius 3 is 2.56 bits per heavy atom. The van der Waals surface area contributed by atoms with E-state index in [-0.39, 0.29) is 12.1 Å². The second-order valence-electron chi connectivity index (χ2n) is 4.45. The zero-order valence-corrected chi connectivity index (χ0v) is 9.32. The average Bonchev–Trinajstić information content (AvgIpc) is 2.33. The van der Waals surface area contributed by atoms with Gasteiger partial charge >= 0.3 is 0 Å². The Bertz CT molecular complexity index is 332. The molecule has 1 aromatic heterocycles. The Labute approximate surface area is 95.1 Å². The number of nitrogens with one attached hydrogen (secondary N) is 1. The lowest BCUT2D eigenvalue weighted by molar-refractivity contribution is 0.172. The van der Waals surface area contributed by atoms with Crippen molar-refractivity contribution in [3.05, 3.63) is 12.4 Å². The number of aliphatic hydroxyl groups excluding tert-OH is 1. The van der Waals surface area contributed by atoms with Crippen molar-refractivity contribution < 1.29 is 5.11 Å². The predicted molar refractivity (Wildman–Crippen MR) is 63.0 cm³/mol. The minimum Gasteiger partial charge on any atom is -0.394 e. The van der Waals surface area contributed by atoms with Gasteiger partial charge in [0.15, 0.2) is 0 Å². The van der Waals surface area contributed by atoms with Crippen molar-refractivity contribution in [2.24, 2.45) is 0 Å². The largest absolute Gasteiger partial charge is 0.394 e. The molecule has 0 radical (unpaired) electrons. The minimum absolute atomic E-state index is 0.138. The molecule has 1 aliphatic rings. The lowest BCUT2D eigenvalue weighted by Gasteiger charge is -2.36. The Morgan fingerprint density at radius 2 is 2.00 bits per heavy atom. The summed E-state index contributed by atoms with van der Waals surface area (Å²) in [6.45, 7) is 0.138. The monoisotopic (exact) mass is 222 g/mol. The average molecular weight is 222 g/mol. The van der Waals surface area contributed by atoms with E-state index in [1.807, 2.05) is 0 Å². The Morgan fingerprint density at radius 1 is 1.25 bits per heavy atom. The molecule has 2 rings (SSSR count). The fraction of sp³-hybridized carbons (Fsp3) is 0.636. The molecule has 4 N–H and O–H groups in total. The Kier molecular flexibility index (Phi) is 3.24. The molecular weight excluding hydrogens is 204 g/mol. The number of nitrogen functional groups attached to an aromatic ring is 1. The highest BCUT2D eigenvalue weighted by atomic mass is 16.3. The summed E-state index contributed by atoms with van der Waals surface area (Å²) in [6, 6.07) is 0. The molecule has 0 saturated heterocycles. The van der Waals surface area contributed by atoms with Gasteiger partial charge in [-0.3, -0.25) is 0 Å². The van der Waals surface area contributed by atoms with Gasteiger partial charge in [0.2, 0.25) is 0 Å². The zero-order chi connectivity index (χ0) is 11.4. The van der Waals surface area contributed by atoms with Crippen molar-refractivity contribution in [1.82, 2.24) is 9.97 Å². The molecule has 1 saturated carbocycles. The van der Waals surface area contributed by atoms with Crippen molar-refractivity contribution in [2.45, 2.75) is 37.6 Å². The maximum atomic E-state index is 9.52. The number of nitrogens with two attached hydrogens (primary N) is 1. The molecule has 1 heterocycles. The first-order valence-electron chi connectivity index (χ1n) is 5.71. The lowest BCUT2D eigenvalue weighted by atomic mass is 9.82. The van der Waals surface area contributed by atoms with E-state index in [0.717, 1.165) is 25.7 Å². The second-order valence-corrected chi connectivity index (χ2v) is 4.45. The number of aliphatic hydroxyl groups is 1. The maximum Gasteiger partial charge on any atom is 0.145 e. The first kappa shape index (κ1) is 11.1. The molecule has 0 spiro atoms. The van der Waals surface area contributed by atoms with Gasteiger partial charge in [0.05, 0.1) is 24.5 Å². The minimum atomic E-state index is -0.219. The fourth-order valence-corrected chi connectivity index (χ4v) is 2.23. The quantitative estimate of drug-likeness (QED) is 0.715. The first-order chi connectivity index (χ1) is 7.74. The Balaban J connectivity index is 2.08. The molecule has 1 aliphatic carbocycles. The van der Waals surface area contributed by atoms with Crippen LogP contribution in [0.2, 0.25) is 0 Å². The summed E-state index contributed by atoms with van der Waals surface area (Å²) in [7, 11) is 0. The van der Waals surface area contributed by atoms with Crippen LogP contribution in [0.25, 0.3) is 0 Å². The molecule has 88 valence electrons. The summed E-state index contributed by atoms with van der Waals surface area (Å²) in [6.07, 6.45) is 8.64. The molecule has 1 aromatic rings. The summed E-state index contributed by atoms with van der Waals surface area (Å²) >= 11 is 0. The summed E-state index contributed by atoms with van der Waals surface area (Å²) in [5.74, 6) is 1.09. The van der Waals surface area contributed by atoms with Crippen LogP contribution < -0.4 is 11.1 Å². The third kappa shape index (κ3) is 2.41. The molecule has 0 aliphatic heterocycles.